The molecule has 1 N–H and O–H groups in total. The second kappa shape index (κ2) is 8.16. The van der Waals surface area contributed by atoms with Gasteiger partial charge in [0.1, 0.15) is 6.67 Å². The van der Waals surface area contributed by atoms with E-state index in [0.717, 1.165) is 11.4 Å². The molecule has 30 heavy (non-hydrogen) atoms. The van der Waals surface area contributed by atoms with Crippen molar-refractivity contribution in [1.29, 1.82) is 0 Å². The number of nitrogens with one attached hydrogen (secondary N) is 1. The molecule has 0 spiro atoms. The number of rotatable bonds is 6. The van der Waals surface area contributed by atoms with E-state index in [2.05, 4.69) is 39.7 Å². The molecule has 0 aliphatic rings. The number of halogens is 1. The lowest BCUT2D eigenvalue weighted by molar-refractivity contribution is 0.102. The van der Waals surface area contributed by atoms with Crippen LogP contribution in [-0.2, 0) is 13.2 Å². The third kappa shape index (κ3) is 4.13. The lowest BCUT2D eigenvalue weighted by atomic mass is 10.1. The number of aromatic nitrogens is 6. The molecule has 9 heteroatoms. The summed E-state index contributed by atoms with van der Waals surface area (Å²) in [5.74, 6) is 0.162. The fourth-order valence-corrected chi connectivity index (χ4v) is 3.31. The zero-order valence-electron chi connectivity index (χ0n) is 17.0. The number of hydrogen-bond donors (Lipinski definition) is 1. The van der Waals surface area contributed by atoms with Crippen LogP contribution in [0, 0.1) is 20.8 Å². The van der Waals surface area contributed by atoms with Crippen molar-refractivity contribution in [3.8, 4) is 0 Å². The van der Waals surface area contributed by atoms with E-state index >= 15 is 0 Å². The van der Waals surface area contributed by atoms with Crippen molar-refractivity contribution in [3.63, 3.8) is 0 Å². The SMILES string of the molecule is Cc1ccccc1Cn1ccc(NC(=O)c2ccn(Cn3nc(C)c(Cl)c3C)n2)n1. The number of amides is 1. The van der Waals surface area contributed by atoms with Crippen molar-refractivity contribution in [2.24, 2.45) is 0 Å². The Kier molecular flexibility index (Phi) is 5.41. The minimum atomic E-state index is -0.318. The quantitative estimate of drug-likeness (QED) is 0.513. The molecule has 8 nitrogen and oxygen atoms in total. The van der Waals surface area contributed by atoms with Gasteiger partial charge < -0.3 is 5.32 Å². The highest BCUT2D eigenvalue weighted by atomic mass is 35.5. The molecule has 0 bridgehead atoms. The zero-order valence-corrected chi connectivity index (χ0v) is 17.8. The van der Waals surface area contributed by atoms with Gasteiger partial charge in [-0.2, -0.15) is 15.3 Å². The zero-order chi connectivity index (χ0) is 21.3. The Morgan fingerprint density at radius 2 is 1.77 bits per heavy atom. The third-order valence-electron chi connectivity index (χ3n) is 4.92. The van der Waals surface area contributed by atoms with Gasteiger partial charge in [-0.3, -0.25) is 14.2 Å². The largest absolute Gasteiger partial charge is 0.304 e. The van der Waals surface area contributed by atoms with Crippen molar-refractivity contribution >= 4 is 23.3 Å². The second-order valence-electron chi connectivity index (χ2n) is 7.15. The number of carbonyl (C=O) groups is 1. The molecule has 3 heterocycles. The maximum atomic E-state index is 12.5. The minimum absolute atomic E-state index is 0.302. The first-order chi connectivity index (χ1) is 14.4. The topological polar surface area (TPSA) is 82.6 Å². The summed E-state index contributed by atoms with van der Waals surface area (Å²) in [7, 11) is 0. The Bertz CT molecular complexity index is 1200. The molecular weight excluding hydrogens is 402 g/mol. The van der Waals surface area contributed by atoms with E-state index < -0.39 is 0 Å². The Morgan fingerprint density at radius 1 is 1.00 bits per heavy atom. The average molecular weight is 424 g/mol. The molecule has 1 amide bonds. The van der Waals surface area contributed by atoms with Crippen molar-refractivity contribution in [1.82, 2.24) is 29.3 Å². The van der Waals surface area contributed by atoms with Gasteiger partial charge in [-0.1, -0.05) is 35.9 Å². The fraction of sp³-hybridized carbons (Fsp3) is 0.238. The highest BCUT2D eigenvalue weighted by Gasteiger charge is 2.14. The molecule has 154 valence electrons. The van der Waals surface area contributed by atoms with E-state index in [-0.39, 0.29) is 5.91 Å². The summed E-state index contributed by atoms with van der Waals surface area (Å²) in [5.41, 5.74) is 4.31. The van der Waals surface area contributed by atoms with E-state index in [1.165, 1.54) is 11.1 Å². The minimum Gasteiger partial charge on any atom is -0.304 e. The van der Waals surface area contributed by atoms with E-state index in [1.54, 1.807) is 32.4 Å². The molecule has 0 unspecified atom stereocenters. The predicted molar refractivity (Wildman–Crippen MR) is 115 cm³/mol. The number of aryl methyl sites for hydroxylation is 2. The highest BCUT2D eigenvalue weighted by Crippen LogP contribution is 2.19. The van der Waals surface area contributed by atoms with Crippen LogP contribution in [0.4, 0.5) is 5.82 Å². The second-order valence-corrected chi connectivity index (χ2v) is 7.52. The molecule has 4 aromatic rings. The molecule has 0 aliphatic heterocycles. The van der Waals surface area contributed by atoms with Gasteiger partial charge in [0.25, 0.3) is 5.91 Å². The van der Waals surface area contributed by atoms with Crippen molar-refractivity contribution in [2.75, 3.05) is 5.32 Å². The first-order valence-electron chi connectivity index (χ1n) is 9.53. The van der Waals surface area contributed by atoms with Crippen molar-refractivity contribution in [2.45, 2.75) is 34.0 Å². The summed E-state index contributed by atoms with van der Waals surface area (Å²) in [6, 6.07) is 11.6. The Hall–Kier alpha value is -3.39. The summed E-state index contributed by atoms with van der Waals surface area (Å²) in [6.07, 6.45) is 3.57. The molecule has 4 rings (SSSR count). The van der Waals surface area contributed by atoms with Crippen LogP contribution >= 0.6 is 11.6 Å². The van der Waals surface area contributed by atoms with Gasteiger partial charge in [-0.05, 0) is 38.0 Å². The third-order valence-corrected chi connectivity index (χ3v) is 5.47. The summed E-state index contributed by atoms with van der Waals surface area (Å²) >= 11 is 6.19. The smallest absolute Gasteiger partial charge is 0.277 e. The molecule has 0 saturated heterocycles. The van der Waals surface area contributed by atoms with Crippen LogP contribution in [0.15, 0.2) is 48.8 Å². The maximum Gasteiger partial charge on any atom is 0.277 e. The lowest BCUT2D eigenvalue weighted by Crippen LogP contribution is -2.16. The predicted octanol–water partition coefficient (Wildman–Crippen LogP) is 3.66. The van der Waals surface area contributed by atoms with Crippen molar-refractivity contribution in [3.05, 3.63) is 82.0 Å². The van der Waals surface area contributed by atoms with Gasteiger partial charge in [0.15, 0.2) is 11.5 Å². The summed E-state index contributed by atoms with van der Waals surface area (Å²) in [4.78, 5) is 12.5. The number of hydrogen-bond acceptors (Lipinski definition) is 4. The van der Waals surface area contributed by atoms with E-state index in [0.29, 0.717) is 29.7 Å². The van der Waals surface area contributed by atoms with Gasteiger partial charge in [0, 0.05) is 18.5 Å². The standard InChI is InChI=1S/C21H22ClN7O/c1-14-6-4-5-7-17(14)12-27-11-9-19(26-27)23-21(30)18-8-10-28(25-18)13-29-16(3)20(22)15(2)24-29/h4-11H,12-13H2,1-3H3,(H,23,26,30). The summed E-state index contributed by atoms with van der Waals surface area (Å²) in [5, 5.41) is 16.6. The lowest BCUT2D eigenvalue weighted by Gasteiger charge is -2.05. The monoisotopic (exact) mass is 423 g/mol. The van der Waals surface area contributed by atoms with Crippen molar-refractivity contribution < 1.29 is 4.79 Å². The van der Waals surface area contributed by atoms with E-state index in [1.807, 2.05) is 32.2 Å². The Morgan fingerprint density at radius 3 is 2.50 bits per heavy atom. The molecule has 1 aromatic carbocycles. The van der Waals surface area contributed by atoms with Gasteiger partial charge in [-0.25, -0.2) is 4.68 Å². The van der Waals surface area contributed by atoms with Gasteiger partial charge in [-0.15, -0.1) is 0 Å². The Balaban J connectivity index is 1.41. The van der Waals surface area contributed by atoms with Gasteiger partial charge in [0.05, 0.1) is 23.0 Å². The molecule has 0 saturated carbocycles. The first kappa shape index (κ1) is 19.9. The number of carbonyl (C=O) groups excluding carboxylic acids is 1. The average Bonchev–Trinajstić information content (AvgIpc) is 3.42. The van der Waals surface area contributed by atoms with Crippen LogP contribution in [0.2, 0.25) is 5.02 Å². The molecule has 0 radical (unpaired) electrons. The fourth-order valence-electron chi connectivity index (χ4n) is 3.17. The maximum absolute atomic E-state index is 12.5. The van der Waals surface area contributed by atoms with Crippen LogP contribution < -0.4 is 5.32 Å². The highest BCUT2D eigenvalue weighted by molar-refractivity contribution is 6.31. The van der Waals surface area contributed by atoms with E-state index in [9.17, 15) is 4.79 Å². The van der Waals surface area contributed by atoms with Gasteiger partial charge in [0.2, 0.25) is 0 Å². The summed E-state index contributed by atoms with van der Waals surface area (Å²) < 4.78 is 5.18. The molecule has 0 aliphatic carbocycles. The normalized spacial score (nSPS) is 11.1. The summed E-state index contributed by atoms with van der Waals surface area (Å²) in [6.45, 7) is 6.83. The van der Waals surface area contributed by atoms with Gasteiger partial charge >= 0.3 is 0 Å². The first-order valence-corrected chi connectivity index (χ1v) is 9.91. The molecule has 0 atom stereocenters. The van der Waals surface area contributed by atoms with Crippen LogP contribution in [0.25, 0.3) is 0 Å². The van der Waals surface area contributed by atoms with Crippen LogP contribution in [0.3, 0.4) is 0 Å². The molecular formula is C21H22ClN7O. The van der Waals surface area contributed by atoms with Crippen LogP contribution in [0.1, 0.15) is 33.0 Å². The van der Waals surface area contributed by atoms with Crippen LogP contribution in [0.5, 0.6) is 0 Å². The van der Waals surface area contributed by atoms with E-state index in [4.69, 9.17) is 11.6 Å². The molecule has 3 aromatic heterocycles. The number of nitrogens with zero attached hydrogens (tertiary/aromatic N) is 6. The van der Waals surface area contributed by atoms with Crippen LogP contribution in [-0.4, -0.2) is 35.2 Å². The molecule has 0 fully saturated rings. The number of benzene rings is 1. The Labute approximate surface area is 179 Å². The number of anilines is 1.